The van der Waals surface area contributed by atoms with Gasteiger partial charge in [-0.25, -0.2) is 0 Å². The molecule has 4 N–H and O–H groups in total. The van der Waals surface area contributed by atoms with Gasteiger partial charge in [-0.1, -0.05) is 72.8 Å². The van der Waals surface area contributed by atoms with Crippen LogP contribution in [0.1, 0.15) is 47.0 Å². The van der Waals surface area contributed by atoms with Gasteiger partial charge in [-0.05, 0) is 61.5 Å². The summed E-state index contributed by atoms with van der Waals surface area (Å²) in [5.74, 6) is -1.85. The Labute approximate surface area is 248 Å². The van der Waals surface area contributed by atoms with Crippen LogP contribution < -0.4 is 21.3 Å². The standard InChI is InChI=1S/C35H27N4O4/c1-23-28(36-32(40)24-14-6-2-7-15-24)22-29(37-33(41)25-16-8-3-9-17-25)31(39-35(43)27-20-12-5-13-21-27)30(23)38-34(42)26-18-10-4-11-19-26/h2-22H,1H2,(H,36,40)(H,37,41)(H,38,42)(H,39,43). The average Bonchev–Trinajstić information content (AvgIpc) is 3.06. The fraction of sp³-hybridized carbons (Fsp3) is 0. The van der Waals surface area contributed by atoms with Crippen molar-refractivity contribution in [1.29, 1.82) is 0 Å². The quantitative estimate of drug-likeness (QED) is 0.164. The molecule has 5 rings (SSSR count). The first kappa shape index (κ1) is 28.5. The molecule has 8 heteroatoms. The number of anilines is 4. The van der Waals surface area contributed by atoms with Crippen LogP contribution in [0.2, 0.25) is 0 Å². The van der Waals surface area contributed by atoms with Crippen molar-refractivity contribution in [1.82, 2.24) is 0 Å². The lowest BCUT2D eigenvalue weighted by Gasteiger charge is -2.22. The van der Waals surface area contributed by atoms with E-state index in [0.717, 1.165) is 0 Å². The van der Waals surface area contributed by atoms with Gasteiger partial charge in [0.05, 0.1) is 17.1 Å². The zero-order valence-electron chi connectivity index (χ0n) is 23.0. The van der Waals surface area contributed by atoms with Gasteiger partial charge in [-0.2, -0.15) is 0 Å². The highest BCUT2D eigenvalue weighted by atomic mass is 16.2. The monoisotopic (exact) mass is 567 g/mol. The van der Waals surface area contributed by atoms with E-state index in [1.54, 1.807) is 121 Å². The predicted octanol–water partition coefficient (Wildman–Crippen LogP) is 6.88. The van der Waals surface area contributed by atoms with Gasteiger partial charge in [0.1, 0.15) is 0 Å². The number of nitrogens with one attached hydrogen (secondary N) is 4. The largest absolute Gasteiger partial charge is 0.322 e. The lowest BCUT2D eigenvalue weighted by Crippen LogP contribution is -2.22. The molecule has 0 aliphatic carbocycles. The van der Waals surface area contributed by atoms with Crippen molar-refractivity contribution in [3.05, 3.63) is 162 Å². The van der Waals surface area contributed by atoms with E-state index < -0.39 is 23.6 Å². The second-order valence-corrected chi connectivity index (χ2v) is 9.48. The van der Waals surface area contributed by atoms with E-state index in [1.165, 1.54) is 6.07 Å². The highest BCUT2D eigenvalue weighted by molar-refractivity contribution is 6.17. The summed E-state index contributed by atoms with van der Waals surface area (Å²) in [7, 11) is 0. The molecule has 211 valence electrons. The Kier molecular flexibility index (Phi) is 8.68. The summed E-state index contributed by atoms with van der Waals surface area (Å²) in [6, 6.07) is 35.6. The Morgan fingerprint density at radius 3 is 1.07 bits per heavy atom. The van der Waals surface area contributed by atoms with Crippen molar-refractivity contribution >= 4 is 46.4 Å². The molecular formula is C35H27N4O4. The first-order valence-electron chi connectivity index (χ1n) is 13.4. The zero-order valence-corrected chi connectivity index (χ0v) is 23.0. The third-order valence-corrected chi connectivity index (χ3v) is 6.55. The van der Waals surface area contributed by atoms with Gasteiger partial charge in [-0.3, -0.25) is 19.2 Å². The predicted molar refractivity (Wildman–Crippen MR) is 168 cm³/mol. The van der Waals surface area contributed by atoms with E-state index in [4.69, 9.17) is 0 Å². The molecule has 0 heterocycles. The van der Waals surface area contributed by atoms with Gasteiger partial charge >= 0.3 is 0 Å². The minimum absolute atomic E-state index is 0.102. The summed E-state index contributed by atoms with van der Waals surface area (Å²) in [4.78, 5) is 53.2. The molecule has 0 unspecified atom stereocenters. The molecule has 0 spiro atoms. The van der Waals surface area contributed by atoms with Crippen LogP contribution in [-0.4, -0.2) is 23.6 Å². The lowest BCUT2D eigenvalue weighted by atomic mass is 10.0. The van der Waals surface area contributed by atoms with E-state index in [-0.39, 0.29) is 28.3 Å². The SMILES string of the molecule is [CH2]c1c(NC(=O)c2ccccc2)cc(NC(=O)c2ccccc2)c(NC(=O)c2ccccc2)c1NC(=O)c1ccccc1. The fourth-order valence-corrected chi connectivity index (χ4v) is 4.32. The maximum absolute atomic E-state index is 13.4. The van der Waals surface area contributed by atoms with Crippen molar-refractivity contribution in [3.63, 3.8) is 0 Å². The van der Waals surface area contributed by atoms with Crippen molar-refractivity contribution in [3.8, 4) is 0 Å². The maximum Gasteiger partial charge on any atom is 0.255 e. The zero-order chi connectivity index (χ0) is 30.2. The molecule has 5 aromatic carbocycles. The molecule has 0 saturated heterocycles. The summed E-state index contributed by atoms with van der Waals surface area (Å²) in [5, 5.41) is 11.3. The van der Waals surface area contributed by atoms with Gasteiger partial charge in [0.25, 0.3) is 23.6 Å². The molecule has 0 aromatic heterocycles. The minimum Gasteiger partial charge on any atom is -0.322 e. The Bertz CT molecular complexity index is 1780. The lowest BCUT2D eigenvalue weighted by molar-refractivity contribution is 0.101. The van der Waals surface area contributed by atoms with Crippen LogP contribution in [0.3, 0.4) is 0 Å². The van der Waals surface area contributed by atoms with E-state index in [0.29, 0.717) is 22.3 Å². The van der Waals surface area contributed by atoms with E-state index in [9.17, 15) is 19.2 Å². The summed E-state index contributed by atoms with van der Waals surface area (Å²) >= 11 is 0. The Morgan fingerprint density at radius 1 is 0.395 bits per heavy atom. The number of hydrogen-bond acceptors (Lipinski definition) is 4. The number of hydrogen-bond donors (Lipinski definition) is 4. The van der Waals surface area contributed by atoms with Gasteiger partial charge < -0.3 is 21.3 Å². The molecule has 4 amide bonds. The molecule has 1 radical (unpaired) electrons. The van der Waals surface area contributed by atoms with Crippen LogP contribution in [0, 0.1) is 6.92 Å². The summed E-state index contributed by atoms with van der Waals surface area (Å²) in [6.45, 7) is 4.14. The Morgan fingerprint density at radius 2 is 0.698 bits per heavy atom. The summed E-state index contributed by atoms with van der Waals surface area (Å²) < 4.78 is 0. The highest BCUT2D eigenvalue weighted by Crippen LogP contribution is 2.40. The van der Waals surface area contributed by atoms with Gasteiger partial charge in [0.2, 0.25) is 0 Å². The molecule has 0 aliphatic heterocycles. The third kappa shape index (κ3) is 6.83. The van der Waals surface area contributed by atoms with Crippen molar-refractivity contribution < 1.29 is 19.2 Å². The molecular weight excluding hydrogens is 540 g/mol. The normalized spacial score (nSPS) is 10.3. The average molecular weight is 568 g/mol. The molecule has 43 heavy (non-hydrogen) atoms. The van der Waals surface area contributed by atoms with E-state index >= 15 is 0 Å². The molecule has 0 fully saturated rings. The Balaban J connectivity index is 1.63. The molecule has 0 atom stereocenters. The fourth-order valence-electron chi connectivity index (χ4n) is 4.32. The van der Waals surface area contributed by atoms with Crippen LogP contribution in [-0.2, 0) is 0 Å². The van der Waals surface area contributed by atoms with E-state index in [2.05, 4.69) is 28.2 Å². The molecule has 0 bridgehead atoms. The van der Waals surface area contributed by atoms with Crippen LogP contribution >= 0.6 is 0 Å². The van der Waals surface area contributed by atoms with Gasteiger partial charge in [0.15, 0.2) is 0 Å². The number of rotatable bonds is 8. The van der Waals surface area contributed by atoms with Crippen LogP contribution in [0.15, 0.2) is 127 Å². The van der Waals surface area contributed by atoms with Crippen molar-refractivity contribution in [2.24, 2.45) is 0 Å². The molecule has 5 aromatic rings. The summed E-state index contributed by atoms with van der Waals surface area (Å²) in [6.07, 6.45) is 0. The molecule has 0 saturated carbocycles. The van der Waals surface area contributed by atoms with Crippen LogP contribution in [0.4, 0.5) is 22.7 Å². The van der Waals surface area contributed by atoms with Gasteiger partial charge in [0, 0.05) is 33.5 Å². The Hall–Kier alpha value is -6.02. The topological polar surface area (TPSA) is 116 Å². The smallest absolute Gasteiger partial charge is 0.255 e. The number of benzene rings is 5. The van der Waals surface area contributed by atoms with Gasteiger partial charge in [-0.15, -0.1) is 0 Å². The van der Waals surface area contributed by atoms with Crippen LogP contribution in [0.25, 0.3) is 0 Å². The number of carbonyl (C=O) groups is 4. The number of carbonyl (C=O) groups excluding carboxylic acids is 4. The molecule has 8 nitrogen and oxygen atoms in total. The van der Waals surface area contributed by atoms with Crippen LogP contribution in [0.5, 0.6) is 0 Å². The first-order valence-corrected chi connectivity index (χ1v) is 13.4. The van der Waals surface area contributed by atoms with Crippen molar-refractivity contribution in [2.45, 2.75) is 0 Å². The second-order valence-electron chi connectivity index (χ2n) is 9.48. The highest BCUT2D eigenvalue weighted by Gasteiger charge is 2.23. The summed E-state index contributed by atoms with van der Waals surface area (Å²) in [5.41, 5.74) is 2.26. The third-order valence-electron chi connectivity index (χ3n) is 6.55. The second kappa shape index (κ2) is 13.1. The molecule has 0 aliphatic rings. The first-order chi connectivity index (χ1) is 20.9. The maximum atomic E-state index is 13.4. The van der Waals surface area contributed by atoms with E-state index in [1.807, 2.05) is 0 Å². The number of amides is 4. The van der Waals surface area contributed by atoms with Crippen molar-refractivity contribution in [2.75, 3.05) is 21.3 Å². The minimum atomic E-state index is -0.480.